The van der Waals surface area contributed by atoms with E-state index in [-0.39, 0.29) is 29.2 Å². The van der Waals surface area contributed by atoms with Gasteiger partial charge in [-0.2, -0.15) is 13.2 Å². The molecule has 0 spiro atoms. The maximum Gasteiger partial charge on any atom is 0.446 e. The summed E-state index contributed by atoms with van der Waals surface area (Å²) in [5.41, 5.74) is -2.74. The average Bonchev–Trinajstić information content (AvgIpc) is 3.01. The third-order valence-corrected chi connectivity index (χ3v) is 5.56. The summed E-state index contributed by atoms with van der Waals surface area (Å²) in [5.74, 6) is 0. The third-order valence-electron chi connectivity index (χ3n) is 4.57. The number of rotatable bonds is 6. The Hall–Kier alpha value is -1.94. The molecule has 30 heavy (non-hydrogen) atoms. The molecule has 2 aromatic carbocycles. The van der Waals surface area contributed by atoms with Gasteiger partial charge in [0.1, 0.15) is 12.2 Å². The van der Waals surface area contributed by atoms with Crippen LogP contribution in [0, 0.1) is 0 Å². The van der Waals surface area contributed by atoms with Gasteiger partial charge in [-0.1, -0.05) is 35.9 Å². The highest BCUT2D eigenvalue weighted by Crippen LogP contribution is 2.36. The van der Waals surface area contributed by atoms with E-state index in [4.69, 9.17) is 16.3 Å². The Bertz CT molecular complexity index is 850. The van der Waals surface area contributed by atoms with Gasteiger partial charge < -0.3 is 20.5 Å². The van der Waals surface area contributed by atoms with Crippen LogP contribution in [0.5, 0.6) is 0 Å². The van der Waals surface area contributed by atoms with E-state index in [0.717, 1.165) is 5.56 Å². The van der Waals surface area contributed by atoms with Gasteiger partial charge in [0.05, 0.1) is 6.04 Å². The molecule has 3 atom stereocenters. The molecule has 0 radical (unpaired) electrons. The number of alkyl halides is 3. The molecule has 1 aliphatic rings. The van der Waals surface area contributed by atoms with Crippen LogP contribution in [0.15, 0.2) is 53.4 Å². The van der Waals surface area contributed by atoms with Crippen molar-refractivity contribution in [1.82, 2.24) is 10.6 Å². The van der Waals surface area contributed by atoms with Crippen molar-refractivity contribution in [3.05, 3.63) is 64.7 Å². The van der Waals surface area contributed by atoms with E-state index in [1.165, 1.54) is 24.3 Å². The molecule has 10 heteroatoms. The fourth-order valence-electron chi connectivity index (χ4n) is 3.14. The van der Waals surface area contributed by atoms with Crippen LogP contribution in [-0.4, -0.2) is 41.5 Å². The second-order valence-corrected chi connectivity index (χ2v) is 8.40. The van der Waals surface area contributed by atoms with Crippen molar-refractivity contribution in [3.63, 3.8) is 0 Å². The van der Waals surface area contributed by atoms with E-state index in [9.17, 15) is 23.1 Å². The molecule has 3 rings (SSSR count). The number of ether oxygens (including phenoxy) is 1. The standard InChI is InChI=1S/C20H20ClF3N2O3S/c21-14-5-1-12(2-6-14)9-16-18(17(27)11-25-16)29-19(28)26-10-13-3-7-15(8-4-13)30-20(22,23)24/h1-8,16-18,25,27H,9-11H2,(H,26,28)/t16-,17+,18+/m1/s1. The molecular formula is C20H20ClF3N2O3S. The molecule has 1 amide bonds. The molecule has 162 valence electrons. The van der Waals surface area contributed by atoms with Crippen LogP contribution in [0.1, 0.15) is 11.1 Å². The van der Waals surface area contributed by atoms with Crippen molar-refractivity contribution in [3.8, 4) is 0 Å². The highest BCUT2D eigenvalue weighted by Gasteiger charge is 2.37. The molecule has 1 aliphatic heterocycles. The molecule has 0 unspecified atom stereocenters. The first-order valence-corrected chi connectivity index (χ1v) is 10.3. The molecule has 0 saturated carbocycles. The van der Waals surface area contributed by atoms with Gasteiger partial charge in [-0.15, -0.1) is 0 Å². The fraction of sp³-hybridized carbons (Fsp3) is 0.350. The normalized spacial score (nSPS) is 21.4. The van der Waals surface area contributed by atoms with Crippen LogP contribution < -0.4 is 10.6 Å². The first-order chi connectivity index (χ1) is 14.2. The highest BCUT2D eigenvalue weighted by molar-refractivity contribution is 8.00. The highest BCUT2D eigenvalue weighted by atomic mass is 35.5. The number of hydrogen-bond acceptors (Lipinski definition) is 5. The minimum absolute atomic E-state index is 0.0685. The van der Waals surface area contributed by atoms with Gasteiger partial charge in [-0.25, -0.2) is 4.79 Å². The van der Waals surface area contributed by atoms with Crippen LogP contribution in [-0.2, 0) is 17.7 Å². The fourth-order valence-corrected chi connectivity index (χ4v) is 3.81. The summed E-state index contributed by atoms with van der Waals surface area (Å²) >= 11 is 5.69. The van der Waals surface area contributed by atoms with E-state index >= 15 is 0 Å². The summed E-state index contributed by atoms with van der Waals surface area (Å²) in [6.07, 6.45) is -1.74. The van der Waals surface area contributed by atoms with E-state index in [0.29, 0.717) is 23.6 Å². The number of benzene rings is 2. The van der Waals surface area contributed by atoms with Crippen LogP contribution >= 0.6 is 23.4 Å². The Labute approximate surface area is 180 Å². The molecule has 3 N–H and O–H groups in total. The second kappa shape index (κ2) is 9.91. The van der Waals surface area contributed by atoms with Gasteiger partial charge in [0.25, 0.3) is 0 Å². The molecule has 2 aromatic rings. The first-order valence-electron chi connectivity index (χ1n) is 9.15. The Morgan fingerprint density at radius 3 is 2.43 bits per heavy atom. The number of nitrogens with one attached hydrogen (secondary N) is 2. The average molecular weight is 461 g/mol. The van der Waals surface area contributed by atoms with Gasteiger partial charge in [0, 0.05) is 23.0 Å². The van der Waals surface area contributed by atoms with E-state index in [2.05, 4.69) is 10.6 Å². The summed E-state index contributed by atoms with van der Waals surface area (Å²) in [7, 11) is 0. The predicted molar refractivity (Wildman–Crippen MR) is 108 cm³/mol. The summed E-state index contributed by atoms with van der Waals surface area (Å²) in [4.78, 5) is 12.2. The summed E-state index contributed by atoms with van der Waals surface area (Å²) in [5, 5.41) is 16.5. The first kappa shape index (κ1) is 22.7. The van der Waals surface area contributed by atoms with Gasteiger partial charge in [-0.3, -0.25) is 0 Å². The van der Waals surface area contributed by atoms with Crippen molar-refractivity contribution in [1.29, 1.82) is 0 Å². The minimum Gasteiger partial charge on any atom is -0.442 e. The zero-order chi connectivity index (χ0) is 21.7. The predicted octanol–water partition coefficient (Wildman–Crippen LogP) is 4.12. The topological polar surface area (TPSA) is 70.6 Å². The van der Waals surface area contributed by atoms with Crippen molar-refractivity contribution < 1.29 is 27.8 Å². The quantitative estimate of drug-likeness (QED) is 0.566. The van der Waals surface area contributed by atoms with Crippen LogP contribution in [0.2, 0.25) is 5.02 Å². The lowest BCUT2D eigenvalue weighted by Crippen LogP contribution is -2.41. The smallest absolute Gasteiger partial charge is 0.442 e. The number of carbonyl (C=O) groups is 1. The lowest BCUT2D eigenvalue weighted by atomic mass is 10.0. The van der Waals surface area contributed by atoms with Crippen molar-refractivity contribution in [2.45, 2.75) is 41.6 Å². The zero-order valence-corrected chi connectivity index (χ0v) is 17.2. The van der Waals surface area contributed by atoms with Gasteiger partial charge in [-0.05, 0) is 53.6 Å². The molecular weight excluding hydrogens is 441 g/mol. The van der Waals surface area contributed by atoms with Crippen LogP contribution in [0.3, 0.4) is 0 Å². The maximum atomic E-state index is 12.4. The Morgan fingerprint density at radius 1 is 1.17 bits per heavy atom. The SMILES string of the molecule is O=C(NCc1ccc(SC(F)(F)F)cc1)O[C@@H]1[C@@H](O)CN[C@@H]1Cc1ccc(Cl)cc1. The minimum atomic E-state index is -4.34. The number of aliphatic hydroxyl groups is 1. The lowest BCUT2D eigenvalue weighted by molar-refractivity contribution is -0.0328. The van der Waals surface area contributed by atoms with Gasteiger partial charge in [0.2, 0.25) is 0 Å². The Kier molecular flexibility index (Phi) is 7.51. The molecule has 1 fully saturated rings. The number of β-amino-alcohol motifs (C(OH)–C–C–N with tert-alkyl or cyclic N) is 1. The van der Waals surface area contributed by atoms with Gasteiger partial charge >= 0.3 is 11.6 Å². The summed E-state index contributed by atoms with van der Waals surface area (Å²) in [6, 6.07) is 12.7. The molecule has 1 saturated heterocycles. The number of thioether (sulfide) groups is 1. The number of halogens is 4. The van der Waals surface area contributed by atoms with E-state index < -0.39 is 23.8 Å². The third kappa shape index (κ3) is 6.80. The monoisotopic (exact) mass is 460 g/mol. The summed E-state index contributed by atoms with van der Waals surface area (Å²) < 4.78 is 42.5. The Balaban J connectivity index is 1.50. The Morgan fingerprint density at radius 2 is 1.80 bits per heavy atom. The maximum absolute atomic E-state index is 12.4. The molecule has 1 heterocycles. The molecule has 0 bridgehead atoms. The number of aliphatic hydroxyl groups excluding tert-OH is 1. The number of amides is 1. The van der Waals surface area contributed by atoms with Crippen molar-refractivity contribution in [2.75, 3.05) is 6.54 Å². The number of hydrogen-bond donors (Lipinski definition) is 3. The molecule has 5 nitrogen and oxygen atoms in total. The van der Waals surface area contributed by atoms with Gasteiger partial charge in [0.15, 0.2) is 0 Å². The van der Waals surface area contributed by atoms with E-state index in [1.807, 2.05) is 12.1 Å². The summed E-state index contributed by atoms with van der Waals surface area (Å²) in [6.45, 7) is 0.391. The number of alkyl carbamates (subject to hydrolysis) is 1. The van der Waals surface area contributed by atoms with Crippen molar-refractivity contribution >= 4 is 29.5 Å². The van der Waals surface area contributed by atoms with E-state index in [1.54, 1.807) is 12.1 Å². The van der Waals surface area contributed by atoms with Crippen LogP contribution in [0.25, 0.3) is 0 Å². The number of carbonyl (C=O) groups excluding carboxylic acids is 1. The zero-order valence-electron chi connectivity index (χ0n) is 15.7. The molecule has 0 aliphatic carbocycles. The van der Waals surface area contributed by atoms with Crippen LogP contribution in [0.4, 0.5) is 18.0 Å². The molecule has 0 aromatic heterocycles. The van der Waals surface area contributed by atoms with Crippen molar-refractivity contribution in [2.24, 2.45) is 0 Å². The lowest BCUT2D eigenvalue weighted by Gasteiger charge is -2.22. The second-order valence-electron chi connectivity index (χ2n) is 6.83. The largest absolute Gasteiger partial charge is 0.446 e.